The van der Waals surface area contributed by atoms with E-state index < -0.39 is 0 Å². The molecule has 142 valence electrons. The Bertz CT molecular complexity index is 1410. The molecule has 0 saturated heterocycles. The van der Waals surface area contributed by atoms with Crippen LogP contribution in [0.2, 0.25) is 0 Å². The summed E-state index contributed by atoms with van der Waals surface area (Å²) < 4.78 is 3.26. The molecule has 0 atom stereocenters. The molecule has 0 saturated carbocycles. The van der Waals surface area contributed by atoms with E-state index in [-0.39, 0.29) is 5.56 Å². The van der Waals surface area contributed by atoms with Gasteiger partial charge in [-0.15, -0.1) is 11.3 Å². The molecule has 0 aliphatic rings. The normalized spacial score (nSPS) is 11.4. The summed E-state index contributed by atoms with van der Waals surface area (Å²) >= 11 is 4.82. The maximum Gasteiger partial charge on any atom is 0.271 e. The third-order valence-electron chi connectivity index (χ3n) is 4.79. The monoisotopic (exact) mass is 462 g/mol. The number of nitrogens with zero attached hydrogens (tertiary/aromatic N) is 4. The van der Waals surface area contributed by atoms with E-state index in [1.807, 2.05) is 61.5 Å². The van der Waals surface area contributed by atoms with Gasteiger partial charge in [-0.05, 0) is 24.6 Å². The van der Waals surface area contributed by atoms with Gasteiger partial charge in [0.2, 0.25) is 0 Å². The lowest BCUT2D eigenvalue weighted by molar-refractivity contribution is 0.750. The molecule has 7 heteroatoms. The molecule has 5 nitrogen and oxygen atoms in total. The Labute approximate surface area is 178 Å². The van der Waals surface area contributed by atoms with E-state index in [1.165, 1.54) is 11.3 Å². The Kier molecular flexibility index (Phi) is 4.49. The Balaban J connectivity index is 1.65. The molecule has 5 rings (SSSR count). The molecular weight excluding hydrogens is 448 g/mol. The van der Waals surface area contributed by atoms with Crippen molar-refractivity contribution in [2.45, 2.75) is 13.5 Å². The second-order valence-corrected chi connectivity index (χ2v) is 8.68. The SMILES string of the molecule is Cc1nc(-c2ccccc2)nc2sc3c(=O)n(Cc4ccc(Br)cc4)cnc3c12. The topological polar surface area (TPSA) is 60.7 Å². The molecule has 0 fully saturated rings. The highest BCUT2D eigenvalue weighted by Crippen LogP contribution is 2.32. The van der Waals surface area contributed by atoms with Gasteiger partial charge in [0.1, 0.15) is 9.53 Å². The number of rotatable bonds is 3. The van der Waals surface area contributed by atoms with E-state index in [1.54, 1.807) is 10.9 Å². The van der Waals surface area contributed by atoms with E-state index in [9.17, 15) is 4.79 Å². The maximum atomic E-state index is 13.1. The zero-order chi connectivity index (χ0) is 20.0. The van der Waals surface area contributed by atoms with Crippen molar-refractivity contribution in [1.29, 1.82) is 0 Å². The molecule has 0 amide bonds. The summed E-state index contributed by atoms with van der Waals surface area (Å²) in [6.07, 6.45) is 1.61. The van der Waals surface area contributed by atoms with Gasteiger partial charge in [0, 0.05) is 10.0 Å². The van der Waals surface area contributed by atoms with Crippen molar-refractivity contribution < 1.29 is 0 Å². The zero-order valence-electron chi connectivity index (χ0n) is 15.5. The Morgan fingerprint density at radius 1 is 1.03 bits per heavy atom. The lowest BCUT2D eigenvalue weighted by Gasteiger charge is -2.06. The van der Waals surface area contributed by atoms with Crippen LogP contribution >= 0.6 is 27.3 Å². The predicted octanol–water partition coefficient (Wildman–Crippen LogP) is 5.19. The van der Waals surface area contributed by atoms with Crippen LogP contribution in [0.5, 0.6) is 0 Å². The van der Waals surface area contributed by atoms with Gasteiger partial charge in [0.15, 0.2) is 5.82 Å². The van der Waals surface area contributed by atoms with Gasteiger partial charge in [-0.3, -0.25) is 9.36 Å². The third kappa shape index (κ3) is 3.26. The van der Waals surface area contributed by atoms with Gasteiger partial charge in [-0.2, -0.15) is 0 Å². The molecule has 29 heavy (non-hydrogen) atoms. The van der Waals surface area contributed by atoms with Crippen molar-refractivity contribution in [3.05, 3.63) is 87.0 Å². The van der Waals surface area contributed by atoms with Crippen LogP contribution in [0.25, 0.3) is 31.8 Å². The highest BCUT2D eigenvalue weighted by molar-refractivity contribution is 9.10. The first-order chi connectivity index (χ1) is 14.1. The first kappa shape index (κ1) is 18.1. The molecule has 3 heterocycles. The molecule has 0 aliphatic heterocycles. The van der Waals surface area contributed by atoms with Crippen molar-refractivity contribution in [2.24, 2.45) is 0 Å². The summed E-state index contributed by atoms with van der Waals surface area (Å²) in [4.78, 5) is 27.9. The van der Waals surface area contributed by atoms with Gasteiger partial charge in [-0.1, -0.05) is 58.4 Å². The van der Waals surface area contributed by atoms with Crippen LogP contribution in [0.1, 0.15) is 11.3 Å². The first-order valence-electron chi connectivity index (χ1n) is 9.06. The fraction of sp³-hybridized carbons (Fsp3) is 0.0909. The van der Waals surface area contributed by atoms with Crippen molar-refractivity contribution in [1.82, 2.24) is 19.5 Å². The highest BCUT2D eigenvalue weighted by atomic mass is 79.9. The molecule has 0 bridgehead atoms. The summed E-state index contributed by atoms with van der Waals surface area (Å²) in [6.45, 7) is 2.42. The van der Waals surface area contributed by atoms with Crippen LogP contribution in [0.3, 0.4) is 0 Å². The number of aryl methyl sites for hydroxylation is 1. The molecule has 3 aromatic heterocycles. The van der Waals surface area contributed by atoms with Crippen LogP contribution in [0.15, 0.2) is 70.2 Å². The van der Waals surface area contributed by atoms with Crippen LogP contribution in [0.4, 0.5) is 0 Å². The quantitative estimate of drug-likeness (QED) is 0.370. The zero-order valence-corrected chi connectivity index (χ0v) is 17.9. The fourth-order valence-corrected chi connectivity index (χ4v) is 4.74. The molecular formula is C22H15BrN4OS. The highest BCUT2D eigenvalue weighted by Gasteiger charge is 2.17. The van der Waals surface area contributed by atoms with Crippen molar-refractivity contribution in [2.75, 3.05) is 0 Å². The minimum Gasteiger partial charge on any atom is -0.294 e. The largest absolute Gasteiger partial charge is 0.294 e. The summed E-state index contributed by atoms with van der Waals surface area (Å²) in [5, 5.41) is 0.859. The summed E-state index contributed by atoms with van der Waals surface area (Å²) in [6, 6.07) is 17.8. The smallest absolute Gasteiger partial charge is 0.271 e. The Morgan fingerprint density at radius 3 is 2.55 bits per heavy atom. The predicted molar refractivity (Wildman–Crippen MR) is 120 cm³/mol. The van der Waals surface area contributed by atoms with Crippen LogP contribution in [0, 0.1) is 6.92 Å². The lowest BCUT2D eigenvalue weighted by Crippen LogP contribution is -2.20. The summed E-state index contributed by atoms with van der Waals surface area (Å²) in [5.41, 5.74) is 3.45. The average Bonchev–Trinajstić information content (AvgIpc) is 3.12. The number of hydrogen-bond donors (Lipinski definition) is 0. The Morgan fingerprint density at radius 2 is 1.79 bits per heavy atom. The molecule has 0 aliphatic carbocycles. The minimum atomic E-state index is -0.0541. The van der Waals surface area contributed by atoms with E-state index >= 15 is 0 Å². The number of benzene rings is 2. The third-order valence-corrected chi connectivity index (χ3v) is 6.38. The molecule has 5 aromatic rings. The second-order valence-electron chi connectivity index (χ2n) is 6.76. The summed E-state index contributed by atoms with van der Waals surface area (Å²) in [7, 11) is 0. The van der Waals surface area contributed by atoms with E-state index in [4.69, 9.17) is 4.98 Å². The van der Waals surface area contributed by atoms with E-state index in [2.05, 4.69) is 25.9 Å². The van der Waals surface area contributed by atoms with Gasteiger partial charge in [0.25, 0.3) is 5.56 Å². The molecule has 0 radical (unpaired) electrons. The van der Waals surface area contributed by atoms with Crippen molar-refractivity contribution in [3.8, 4) is 11.4 Å². The van der Waals surface area contributed by atoms with Gasteiger partial charge >= 0.3 is 0 Å². The van der Waals surface area contributed by atoms with E-state index in [0.717, 1.165) is 31.5 Å². The second kappa shape index (κ2) is 7.17. The van der Waals surface area contributed by atoms with Gasteiger partial charge in [-0.25, -0.2) is 15.0 Å². The number of thiophene rings is 1. The minimum absolute atomic E-state index is 0.0541. The van der Waals surface area contributed by atoms with Crippen LogP contribution in [-0.4, -0.2) is 19.5 Å². The van der Waals surface area contributed by atoms with Crippen LogP contribution < -0.4 is 5.56 Å². The molecule has 0 spiro atoms. The number of aromatic nitrogens is 4. The maximum absolute atomic E-state index is 13.1. The standard InChI is InChI=1S/C22H15BrN4OS/c1-13-17-18-19(29-21(17)26-20(25-13)15-5-3-2-4-6-15)22(28)27(12-24-18)11-14-7-9-16(23)10-8-14/h2-10,12H,11H2,1H3. The molecule has 0 unspecified atom stereocenters. The molecule has 2 aromatic carbocycles. The number of hydrogen-bond acceptors (Lipinski definition) is 5. The number of fused-ring (bicyclic) bond motifs is 3. The first-order valence-corrected chi connectivity index (χ1v) is 10.7. The molecule has 0 N–H and O–H groups in total. The van der Waals surface area contributed by atoms with E-state index in [0.29, 0.717) is 22.6 Å². The number of halogens is 1. The van der Waals surface area contributed by atoms with Crippen LogP contribution in [-0.2, 0) is 6.54 Å². The van der Waals surface area contributed by atoms with Crippen molar-refractivity contribution in [3.63, 3.8) is 0 Å². The fourth-order valence-electron chi connectivity index (χ4n) is 3.35. The van der Waals surface area contributed by atoms with Gasteiger partial charge < -0.3 is 0 Å². The average molecular weight is 463 g/mol. The van der Waals surface area contributed by atoms with Gasteiger partial charge in [0.05, 0.1) is 29.5 Å². The Hall–Kier alpha value is -2.90. The lowest BCUT2D eigenvalue weighted by atomic mass is 10.2. The summed E-state index contributed by atoms with van der Waals surface area (Å²) in [5.74, 6) is 0.664. The van der Waals surface area contributed by atoms with Crippen molar-refractivity contribution >= 4 is 47.7 Å².